The van der Waals surface area contributed by atoms with Crippen molar-refractivity contribution in [2.24, 2.45) is 0 Å². The van der Waals surface area contributed by atoms with E-state index < -0.39 is 0 Å². The maximum absolute atomic E-state index is 12.2. The number of fused-ring (bicyclic) bond motifs is 1. The van der Waals surface area contributed by atoms with Crippen LogP contribution in [-0.2, 0) is 11.2 Å². The number of benzene rings is 1. The average Bonchev–Trinajstić information content (AvgIpc) is 2.79. The molecule has 0 fully saturated rings. The molecule has 1 heterocycles. The number of carbonyl (C=O) groups excluding carboxylic acids is 1. The predicted octanol–water partition coefficient (Wildman–Crippen LogP) is 2.79. The van der Waals surface area contributed by atoms with Crippen molar-refractivity contribution in [3.8, 4) is 0 Å². The number of para-hydroxylation sites is 1. The van der Waals surface area contributed by atoms with E-state index in [1.54, 1.807) is 4.90 Å². The van der Waals surface area contributed by atoms with Gasteiger partial charge in [-0.3, -0.25) is 4.79 Å². The number of likely N-dealkylation sites (N-methyl/N-ethyl adjacent to an activating group) is 1. The molecule has 2 aromatic rings. The molecule has 4 nitrogen and oxygen atoms in total. The van der Waals surface area contributed by atoms with Crippen LogP contribution in [0.25, 0.3) is 11.0 Å². The summed E-state index contributed by atoms with van der Waals surface area (Å²) in [6.07, 6.45) is 0.262. The zero-order valence-corrected chi connectivity index (χ0v) is 11.3. The van der Waals surface area contributed by atoms with Gasteiger partial charge in [0.05, 0.1) is 6.42 Å². The van der Waals surface area contributed by atoms with Crippen molar-refractivity contribution >= 4 is 16.9 Å². The molecule has 0 atom stereocenters. The molecule has 1 aromatic heterocycles. The van der Waals surface area contributed by atoms with Crippen LogP contribution >= 0.6 is 0 Å². The Bertz CT molecular complexity index is 601. The van der Waals surface area contributed by atoms with E-state index in [-0.39, 0.29) is 12.3 Å². The summed E-state index contributed by atoms with van der Waals surface area (Å²) in [7, 11) is 0. The van der Waals surface area contributed by atoms with Gasteiger partial charge in [-0.15, -0.1) is 0 Å². The van der Waals surface area contributed by atoms with Crippen LogP contribution < -0.4 is 0 Å². The fraction of sp³-hybridized carbons (Fsp3) is 0.333. The zero-order valence-electron chi connectivity index (χ0n) is 11.3. The van der Waals surface area contributed by atoms with Crippen LogP contribution in [0.4, 0.5) is 0 Å². The van der Waals surface area contributed by atoms with Crippen LogP contribution in [0, 0.1) is 0 Å². The van der Waals surface area contributed by atoms with Crippen LogP contribution in [0.2, 0.25) is 0 Å². The molecular formula is C15H18N2O2. The summed E-state index contributed by atoms with van der Waals surface area (Å²) in [4.78, 5) is 14.0. The van der Waals surface area contributed by atoms with Crippen LogP contribution in [0.5, 0.6) is 0 Å². The fourth-order valence-corrected chi connectivity index (χ4v) is 2.02. The molecule has 0 radical (unpaired) electrons. The summed E-state index contributed by atoms with van der Waals surface area (Å²) < 4.78 is 5.21. The summed E-state index contributed by atoms with van der Waals surface area (Å²) in [5.41, 5.74) is 2.38. The van der Waals surface area contributed by atoms with Gasteiger partial charge in [0, 0.05) is 18.5 Å². The molecule has 0 N–H and O–H groups in total. The van der Waals surface area contributed by atoms with Gasteiger partial charge in [-0.2, -0.15) is 0 Å². The molecule has 0 saturated carbocycles. The first kappa shape index (κ1) is 13.3. The highest BCUT2D eigenvalue weighted by atomic mass is 16.5. The third-order valence-corrected chi connectivity index (χ3v) is 2.97. The normalized spacial score (nSPS) is 10.6. The first-order valence-corrected chi connectivity index (χ1v) is 6.37. The van der Waals surface area contributed by atoms with Crippen LogP contribution in [0.15, 0.2) is 40.9 Å². The number of carbonyl (C=O) groups is 1. The Balaban J connectivity index is 2.16. The number of nitrogens with zero attached hydrogens (tertiary/aromatic N) is 2. The summed E-state index contributed by atoms with van der Waals surface area (Å²) in [6, 6.07) is 7.57. The number of aromatic nitrogens is 1. The van der Waals surface area contributed by atoms with Gasteiger partial charge in [0.25, 0.3) is 0 Å². The molecule has 0 unspecified atom stereocenters. The van der Waals surface area contributed by atoms with E-state index in [4.69, 9.17) is 4.52 Å². The second-order valence-electron chi connectivity index (χ2n) is 4.67. The number of hydrogen-bond donors (Lipinski definition) is 0. The van der Waals surface area contributed by atoms with Crippen LogP contribution in [-0.4, -0.2) is 29.1 Å². The van der Waals surface area contributed by atoms with Gasteiger partial charge in [0.15, 0.2) is 5.58 Å². The van der Waals surface area contributed by atoms with E-state index in [0.29, 0.717) is 24.4 Å². The summed E-state index contributed by atoms with van der Waals surface area (Å²) in [5.74, 6) is 0.0459. The monoisotopic (exact) mass is 258 g/mol. The standard InChI is InChI=1S/C15H18N2O2/c1-4-17(10-11(2)3)15(18)9-13-12-7-5-6-8-14(12)19-16-13/h5-8H,2,4,9-10H2,1,3H3. The van der Waals surface area contributed by atoms with E-state index in [1.807, 2.05) is 38.1 Å². The lowest BCUT2D eigenvalue weighted by atomic mass is 10.1. The first-order chi connectivity index (χ1) is 9.11. The van der Waals surface area contributed by atoms with E-state index in [1.165, 1.54) is 0 Å². The molecule has 19 heavy (non-hydrogen) atoms. The Labute approximate surface area is 112 Å². The Morgan fingerprint density at radius 3 is 2.84 bits per heavy atom. The van der Waals surface area contributed by atoms with Crippen LogP contribution in [0.1, 0.15) is 19.5 Å². The largest absolute Gasteiger partial charge is 0.356 e. The van der Waals surface area contributed by atoms with Gasteiger partial charge in [-0.1, -0.05) is 29.4 Å². The maximum atomic E-state index is 12.2. The lowest BCUT2D eigenvalue weighted by Gasteiger charge is -2.20. The number of rotatable bonds is 5. The Morgan fingerprint density at radius 2 is 2.16 bits per heavy atom. The minimum Gasteiger partial charge on any atom is -0.356 e. The number of amides is 1. The van der Waals surface area contributed by atoms with Crippen molar-refractivity contribution < 1.29 is 9.32 Å². The van der Waals surface area contributed by atoms with Crippen molar-refractivity contribution in [1.29, 1.82) is 0 Å². The smallest absolute Gasteiger partial charge is 0.229 e. The van der Waals surface area contributed by atoms with Crippen molar-refractivity contribution in [3.05, 3.63) is 42.1 Å². The molecule has 4 heteroatoms. The van der Waals surface area contributed by atoms with Gasteiger partial charge in [-0.05, 0) is 26.0 Å². The van der Waals surface area contributed by atoms with Crippen molar-refractivity contribution in [1.82, 2.24) is 10.1 Å². The van der Waals surface area contributed by atoms with Gasteiger partial charge >= 0.3 is 0 Å². The molecule has 0 saturated heterocycles. The van der Waals surface area contributed by atoms with Gasteiger partial charge in [-0.25, -0.2) is 0 Å². The lowest BCUT2D eigenvalue weighted by molar-refractivity contribution is -0.129. The summed E-state index contributed by atoms with van der Waals surface area (Å²) in [6.45, 7) is 8.98. The molecule has 100 valence electrons. The third kappa shape index (κ3) is 3.02. The Morgan fingerprint density at radius 1 is 1.42 bits per heavy atom. The van der Waals surface area contributed by atoms with Crippen molar-refractivity contribution in [3.63, 3.8) is 0 Å². The second kappa shape index (κ2) is 5.69. The van der Waals surface area contributed by atoms with E-state index >= 15 is 0 Å². The van der Waals surface area contributed by atoms with E-state index in [9.17, 15) is 4.79 Å². The molecule has 0 aliphatic carbocycles. The fourth-order valence-electron chi connectivity index (χ4n) is 2.02. The Hall–Kier alpha value is -2.10. The summed E-state index contributed by atoms with van der Waals surface area (Å²) in [5, 5.41) is 4.89. The van der Waals surface area contributed by atoms with Crippen LogP contribution in [0.3, 0.4) is 0 Å². The number of hydrogen-bond acceptors (Lipinski definition) is 3. The topological polar surface area (TPSA) is 46.3 Å². The van der Waals surface area contributed by atoms with E-state index in [2.05, 4.69) is 11.7 Å². The van der Waals surface area contributed by atoms with Crippen molar-refractivity contribution in [2.75, 3.05) is 13.1 Å². The molecular weight excluding hydrogens is 240 g/mol. The quantitative estimate of drug-likeness (QED) is 0.775. The maximum Gasteiger partial charge on any atom is 0.229 e. The predicted molar refractivity (Wildman–Crippen MR) is 74.8 cm³/mol. The second-order valence-corrected chi connectivity index (χ2v) is 4.67. The van der Waals surface area contributed by atoms with E-state index in [0.717, 1.165) is 11.0 Å². The SMILES string of the molecule is C=C(C)CN(CC)C(=O)Cc1noc2ccccc12. The minimum atomic E-state index is 0.0459. The highest BCUT2D eigenvalue weighted by Gasteiger charge is 2.16. The molecule has 1 amide bonds. The third-order valence-electron chi connectivity index (χ3n) is 2.97. The lowest BCUT2D eigenvalue weighted by Crippen LogP contribution is -2.33. The first-order valence-electron chi connectivity index (χ1n) is 6.37. The molecule has 1 aromatic carbocycles. The van der Waals surface area contributed by atoms with Gasteiger partial charge in [0.2, 0.25) is 5.91 Å². The molecule has 0 aliphatic heterocycles. The molecule has 2 rings (SSSR count). The molecule has 0 bridgehead atoms. The van der Waals surface area contributed by atoms with Gasteiger partial charge < -0.3 is 9.42 Å². The summed E-state index contributed by atoms with van der Waals surface area (Å²) >= 11 is 0. The highest BCUT2D eigenvalue weighted by molar-refractivity contribution is 5.86. The van der Waals surface area contributed by atoms with Crippen molar-refractivity contribution in [2.45, 2.75) is 20.3 Å². The minimum absolute atomic E-state index is 0.0459. The van der Waals surface area contributed by atoms with Gasteiger partial charge in [0.1, 0.15) is 5.69 Å². The Kier molecular flexibility index (Phi) is 4.00. The average molecular weight is 258 g/mol. The molecule has 0 spiro atoms. The molecule has 0 aliphatic rings. The highest BCUT2D eigenvalue weighted by Crippen LogP contribution is 2.18. The zero-order chi connectivity index (χ0) is 13.8.